The van der Waals surface area contributed by atoms with E-state index in [1.54, 1.807) is 6.07 Å². The third kappa shape index (κ3) is 2.71. The van der Waals surface area contributed by atoms with Crippen molar-refractivity contribution in [2.75, 3.05) is 19.7 Å². The fourth-order valence-corrected chi connectivity index (χ4v) is 1.97. The molecule has 0 saturated carbocycles. The Hall–Kier alpha value is -1.13. The Morgan fingerprint density at radius 2 is 2.38 bits per heavy atom. The molecule has 1 fully saturated rings. The molecule has 4 heteroatoms. The van der Waals surface area contributed by atoms with Gasteiger partial charge in [0, 0.05) is 25.3 Å². The lowest BCUT2D eigenvalue weighted by Gasteiger charge is -2.30. The van der Waals surface area contributed by atoms with Crippen LogP contribution in [0.4, 0.5) is 0 Å². The van der Waals surface area contributed by atoms with Crippen molar-refractivity contribution in [2.45, 2.75) is 26.5 Å². The van der Waals surface area contributed by atoms with Crippen LogP contribution in [0.5, 0.6) is 5.75 Å². The van der Waals surface area contributed by atoms with E-state index < -0.39 is 0 Å². The van der Waals surface area contributed by atoms with E-state index in [1.165, 1.54) is 0 Å². The van der Waals surface area contributed by atoms with E-state index in [0.29, 0.717) is 6.54 Å². The quantitative estimate of drug-likeness (QED) is 0.819. The summed E-state index contributed by atoms with van der Waals surface area (Å²) in [5.41, 5.74) is 1.70. The van der Waals surface area contributed by atoms with Crippen LogP contribution in [0.3, 0.4) is 0 Å². The van der Waals surface area contributed by atoms with Gasteiger partial charge in [-0.3, -0.25) is 9.88 Å². The summed E-state index contributed by atoms with van der Waals surface area (Å²) >= 11 is 0. The molecular formula is C12H18N2O2. The van der Waals surface area contributed by atoms with Gasteiger partial charge in [-0.1, -0.05) is 0 Å². The Labute approximate surface area is 95.9 Å². The lowest BCUT2D eigenvalue weighted by atomic mass is 10.2. The minimum Gasteiger partial charge on any atom is -0.506 e. The predicted molar refractivity (Wildman–Crippen MR) is 61.3 cm³/mol. The topological polar surface area (TPSA) is 45.6 Å². The number of hydrogen-bond donors (Lipinski definition) is 1. The zero-order valence-corrected chi connectivity index (χ0v) is 9.81. The molecule has 1 aromatic rings. The number of pyridine rings is 1. The van der Waals surface area contributed by atoms with Gasteiger partial charge in [0.15, 0.2) is 0 Å². The average molecular weight is 222 g/mol. The SMILES string of the molecule is Cc1ccc(O)c(CN2CCOC(C)C2)n1. The number of morpholine rings is 1. The van der Waals surface area contributed by atoms with E-state index >= 15 is 0 Å². The highest BCUT2D eigenvalue weighted by atomic mass is 16.5. The third-order valence-corrected chi connectivity index (χ3v) is 2.79. The summed E-state index contributed by atoms with van der Waals surface area (Å²) in [5, 5.41) is 9.71. The molecule has 1 N–H and O–H groups in total. The van der Waals surface area contributed by atoms with Crippen LogP contribution in [0, 0.1) is 6.92 Å². The van der Waals surface area contributed by atoms with Gasteiger partial charge in [0.25, 0.3) is 0 Å². The van der Waals surface area contributed by atoms with Crippen molar-refractivity contribution in [3.05, 3.63) is 23.5 Å². The minimum atomic E-state index is 0.265. The van der Waals surface area contributed by atoms with Crippen LogP contribution in [0.2, 0.25) is 0 Å². The number of rotatable bonds is 2. The number of aryl methyl sites for hydroxylation is 1. The largest absolute Gasteiger partial charge is 0.506 e. The van der Waals surface area contributed by atoms with Gasteiger partial charge in [-0.05, 0) is 26.0 Å². The van der Waals surface area contributed by atoms with E-state index in [4.69, 9.17) is 4.74 Å². The summed E-state index contributed by atoms with van der Waals surface area (Å²) in [4.78, 5) is 6.62. The molecule has 4 nitrogen and oxygen atoms in total. The van der Waals surface area contributed by atoms with Crippen molar-refractivity contribution >= 4 is 0 Å². The van der Waals surface area contributed by atoms with E-state index in [-0.39, 0.29) is 11.9 Å². The van der Waals surface area contributed by atoms with Crippen molar-refractivity contribution in [1.82, 2.24) is 9.88 Å². The van der Waals surface area contributed by atoms with Crippen molar-refractivity contribution in [3.63, 3.8) is 0 Å². The van der Waals surface area contributed by atoms with E-state index in [2.05, 4.69) is 16.8 Å². The molecule has 1 aliphatic heterocycles. The third-order valence-electron chi connectivity index (χ3n) is 2.79. The fraction of sp³-hybridized carbons (Fsp3) is 0.583. The standard InChI is InChI=1S/C12H18N2O2/c1-9-3-4-12(15)11(13-9)8-14-5-6-16-10(2)7-14/h3-4,10,15H,5-8H2,1-2H3. The number of aromatic nitrogens is 1. The maximum Gasteiger partial charge on any atom is 0.138 e. The molecule has 1 unspecified atom stereocenters. The monoisotopic (exact) mass is 222 g/mol. The van der Waals surface area contributed by atoms with Crippen molar-refractivity contribution in [1.29, 1.82) is 0 Å². The van der Waals surface area contributed by atoms with Gasteiger partial charge in [-0.25, -0.2) is 0 Å². The van der Waals surface area contributed by atoms with E-state index in [1.807, 2.05) is 13.0 Å². The highest BCUT2D eigenvalue weighted by Gasteiger charge is 2.18. The van der Waals surface area contributed by atoms with Crippen LogP contribution in [-0.2, 0) is 11.3 Å². The van der Waals surface area contributed by atoms with E-state index in [0.717, 1.165) is 31.1 Å². The molecule has 0 radical (unpaired) electrons. The highest BCUT2D eigenvalue weighted by Crippen LogP contribution is 2.18. The second-order valence-electron chi connectivity index (χ2n) is 4.33. The Balaban J connectivity index is 2.05. The fourth-order valence-electron chi connectivity index (χ4n) is 1.97. The summed E-state index contributed by atoms with van der Waals surface area (Å²) in [6.45, 7) is 7.25. The van der Waals surface area contributed by atoms with Crippen LogP contribution in [0.1, 0.15) is 18.3 Å². The summed E-state index contributed by atoms with van der Waals surface area (Å²) < 4.78 is 5.48. The average Bonchev–Trinajstić information content (AvgIpc) is 2.24. The molecule has 1 aliphatic rings. The predicted octanol–water partition coefficient (Wildman–Crippen LogP) is 1.32. The molecule has 0 aliphatic carbocycles. The van der Waals surface area contributed by atoms with Crippen molar-refractivity contribution in [2.24, 2.45) is 0 Å². The minimum absolute atomic E-state index is 0.265. The zero-order valence-electron chi connectivity index (χ0n) is 9.81. The van der Waals surface area contributed by atoms with Crippen LogP contribution in [0.25, 0.3) is 0 Å². The Morgan fingerprint density at radius 1 is 1.56 bits per heavy atom. The van der Waals surface area contributed by atoms with Gasteiger partial charge in [-0.15, -0.1) is 0 Å². The zero-order chi connectivity index (χ0) is 11.5. The molecule has 0 spiro atoms. The first-order valence-corrected chi connectivity index (χ1v) is 5.64. The first-order chi connectivity index (χ1) is 7.65. The second kappa shape index (κ2) is 4.80. The second-order valence-corrected chi connectivity index (χ2v) is 4.33. The van der Waals surface area contributed by atoms with Gasteiger partial charge in [0.05, 0.1) is 18.4 Å². The molecule has 0 bridgehead atoms. The first-order valence-electron chi connectivity index (χ1n) is 5.64. The summed E-state index contributed by atoms with van der Waals surface area (Å²) in [5.74, 6) is 0.282. The van der Waals surface area contributed by atoms with Gasteiger partial charge in [0.2, 0.25) is 0 Å². The molecule has 2 rings (SSSR count). The molecule has 16 heavy (non-hydrogen) atoms. The van der Waals surface area contributed by atoms with Gasteiger partial charge in [-0.2, -0.15) is 0 Å². The van der Waals surface area contributed by atoms with Crippen LogP contribution >= 0.6 is 0 Å². The lowest BCUT2D eigenvalue weighted by molar-refractivity contribution is -0.0218. The van der Waals surface area contributed by atoms with Crippen LogP contribution in [0.15, 0.2) is 12.1 Å². The van der Waals surface area contributed by atoms with Gasteiger partial charge in [0.1, 0.15) is 5.75 Å². The number of nitrogens with zero attached hydrogens (tertiary/aromatic N) is 2. The van der Waals surface area contributed by atoms with E-state index in [9.17, 15) is 5.11 Å². The maximum atomic E-state index is 9.71. The summed E-state index contributed by atoms with van der Waals surface area (Å²) in [6, 6.07) is 3.53. The smallest absolute Gasteiger partial charge is 0.138 e. The number of aromatic hydroxyl groups is 1. The molecular weight excluding hydrogens is 204 g/mol. The number of ether oxygens (including phenoxy) is 1. The first kappa shape index (κ1) is 11.4. The molecule has 0 aromatic carbocycles. The molecule has 1 aromatic heterocycles. The molecule has 1 saturated heterocycles. The maximum absolute atomic E-state index is 9.71. The Bertz CT molecular complexity index is 368. The molecule has 1 atom stereocenters. The molecule has 0 amide bonds. The lowest BCUT2D eigenvalue weighted by Crippen LogP contribution is -2.40. The van der Waals surface area contributed by atoms with Crippen LogP contribution in [-0.4, -0.2) is 40.8 Å². The van der Waals surface area contributed by atoms with Gasteiger partial charge < -0.3 is 9.84 Å². The summed E-state index contributed by atoms with van der Waals surface area (Å²) in [7, 11) is 0. The molecule has 88 valence electrons. The van der Waals surface area contributed by atoms with Crippen LogP contribution < -0.4 is 0 Å². The van der Waals surface area contributed by atoms with Crippen molar-refractivity contribution in [3.8, 4) is 5.75 Å². The molecule has 2 heterocycles. The summed E-state index contributed by atoms with van der Waals surface area (Å²) in [6.07, 6.45) is 0.265. The highest BCUT2D eigenvalue weighted by molar-refractivity contribution is 5.27. The van der Waals surface area contributed by atoms with Crippen molar-refractivity contribution < 1.29 is 9.84 Å². The van der Waals surface area contributed by atoms with Gasteiger partial charge >= 0.3 is 0 Å². The number of hydrogen-bond acceptors (Lipinski definition) is 4. The normalized spacial score (nSPS) is 22.2. The Morgan fingerprint density at radius 3 is 3.12 bits per heavy atom. The Kier molecular flexibility index (Phi) is 3.41.